The minimum absolute atomic E-state index is 0.357. The smallest absolute Gasteiger partial charge is 0.327 e. The third kappa shape index (κ3) is 1.23. The van der Waals surface area contributed by atoms with Gasteiger partial charge >= 0.3 is 11.9 Å². The highest BCUT2D eigenvalue weighted by Crippen LogP contribution is 2.47. The van der Waals surface area contributed by atoms with Gasteiger partial charge in [-0.1, -0.05) is 0 Å². The van der Waals surface area contributed by atoms with Crippen LogP contribution in [0.3, 0.4) is 0 Å². The Morgan fingerprint density at radius 3 is 2.36 bits per heavy atom. The van der Waals surface area contributed by atoms with Crippen LogP contribution >= 0.6 is 0 Å². The SMILES string of the molecule is COC(=O)[C@@H]1CC[C@@]1(C#N)C(=O)OC. The van der Waals surface area contributed by atoms with Crippen molar-refractivity contribution in [3.8, 4) is 6.07 Å². The van der Waals surface area contributed by atoms with E-state index in [0.717, 1.165) is 0 Å². The number of ether oxygens (including phenoxy) is 2. The molecule has 0 aromatic carbocycles. The standard InChI is InChI=1S/C9H11NO4/c1-13-7(11)6-3-4-9(6,5-10)8(12)14-2/h6H,3-4H2,1-2H3/t6-,9-/m0/s1. The van der Waals surface area contributed by atoms with Crippen molar-refractivity contribution in [1.82, 2.24) is 0 Å². The minimum Gasteiger partial charge on any atom is -0.469 e. The Labute approximate surface area is 81.6 Å². The number of nitrogens with zero attached hydrogens (tertiary/aromatic N) is 1. The van der Waals surface area contributed by atoms with Crippen molar-refractivity contribution in [2.75, 3.05) is 14.2 Å². The van der Waals surface area contributed by atoms with Crippen molar-refractivity contribution < 1.29 is 19.1 Å². The van der Waals surface area contributed by atoms with E-state index in [1.807, 2.05) is 6.07 Å². The normalized spacial score (nSPS) is 29.6. The Morgan fingerprint density at radius 2 is 2.07 bits per heavy atom. The van der Waals surface area contributed by atoms with Crippen LogP contribution in [-0.2, 0) is 19.1 Å². The Kier molecular flexibility index (Phi) is 2.75. The zero-order chi connectivity index (χ0) is 10.8. The fourth-order valence-electron chi connectivity index (χ4n) is 1.64. The molecule has 0 saturated heterocycles. The number of nitriles is 1. The number of hydrogen-bond donors (Lipinski definition) is 0. The molecule has 0 aliphatic heterocycles. The summed E-state index contributed by atoms with van der Waals surface area (Å²) in [5.74, 6) is -1.85. The molecule has 76 valence electrons. The highest BCUT2D eigenvalue weighted by Gasteiger charge is 2.58. The highest BCUT2D eigenvalue weighted by atomic mass is 16.5. The lowest BCUT2D eigenvalue weighted by Crippen LogP contribution is -2.50. The molecule has 1 aliphatic rings. The minimum atomic E-state index is -1.32. The molecule has 0 N–H and O–H groups in total. The van der Waals surface area contributed by atoms with Crippen LogP contribution in [0.5, 0.6) is 0 Å². The molecular weight excluding hydrogens is 186 g/mol. The quantitative estimate of drug-likeness (QED) is 0.593. The summed E-state index contributed by atoms with van der Waals surface area (Å²) in [5.41, 5.74) is -1.32. The molecule has 0 unspecified atom stereocenters. The van der Waals surface area contributed by atoms with Crippen LogP contribution in [0.4, 0.5) is 0 Å². The first-order valence-electron chi connectivity index (χ1n) is 4.20. The van der Waals surface area contributed by atoms with E-state index in [2.05, 4.69) is 9.47 Å². The summed E-state index contributed by atoms with van der Waals surface area (Å²) in [6.45, 7) is 0. The molecule has 1 aliphatic carbocycles. The van der Waals surface area contributed by atoms with Crippen LogP contribution in [0.2, 0.25) is 0 Å². The van der Waals surface area contributed by atoms with Crippen LogP contribution in [0.25, 0.3) is 0 Å². The molecule has 1 fully saturated rings. The fourth-order valence-corrected chi connectivity index (χ4v) is 1.64. The van der Waals surface area contributed by atoms with Crippen molar-refractivity contribution in [1.29, 1.82) is 5.26 Å². The predicted molar refractivity (Wildman–Crippen MR) is 44.8 cm³/mol. The molecule has 1 saturated carbocycles. The maximum Gasteiger partial charge on any atom is 0.327 e. The largest absolute Gasteiger partial charge is 0.469 e. The van der Waals surface area contributed by atoms with Gasteiger partial charge in [-0.25, -0.2) is 0 Å². The maximum atomic E-state index is 11.3. The van der Waals surface area contributed by atoms with Crippen LogP contribution in [0, 0.1) is 22.7 Å². The van der Waals surface area contributed by atoms with E-state index < -0.39 is 23.3 Å². The van der Waals surface area contributed by atoms with Crippen LogP contribution in [0.15, 0.2) is 0 Å². The number of hydrogen-bond acceptors (Lipinski definition) is 5. The number of methoxy groups -OCH3 is 2. The lowest BCUT2D eigenvalue weighted by atomic mass is 9.61. The van der Waals surface area contributed by atoms with Crippen LogP contribution in [-0.4, -0.2) is 26.2 Å². The van der Waals surface area contributed by atoms with Gasteiger partial charge in [-0.3, -0.25) is 9.59 Å². The van der Waals surface area contributed by atoms with E-state index in [9.17, 15) is 9.59 Å². The molecule has 0 amide bonds. The molecule has 5 nitrogen and oxygen atoms in total. The fraction of sp³-hybridized carbons (Fsp3) is 0.667. The van der Waals surface area contributed by atoms with Crippen molar-refractivity contribution in [2.24, 2.45) is 11.3 Å². The number of carbonyl (C=O) groups excluding carboxylic acids is 2. The van der Waals surface area contributed by atoms with Gasteiger partial charge in [0.15, 0.2) is 5.41 Å². The van der Waals surface area contributed by atoms with Crippen molar-refractivity contribution >= 4 is 11.9 Å². The summed E-state index contributed by atoms with van der Waals surface area (Å²) in [6.07, 6.45) is 0.852. The second-order valence-electron chi connectivity index (χ2n) is 3.19. The third-order valence-corrected chi connectivity index (χ3v) is 2.66. The first-order chi connectivity index (χ1) is 6.62. The molecule has 0 spiro atoms. The van der Waals surface area contributed by atoms with Crippen LogP contribution in [0.1, 0.15) is 12.8 Å². The van der Waals surface area contributed by atoms with E-state index in [4.69, 9.17) is 5.26 Å². The summed E-state index contributed by atoms with van der Waals surface area (Å²) < 4.78 is 9.01. The Morgan fingerprint density at radius 1 is 1.43 bits per heavy atom. The summed E-state index contributed by atoms with van der Waals surface area (Å²) >= 11 is 0. The molecule has 2 atom stereocenters. The second-order valence-corrected chi connectivity index (χ2v) is 3.19. The van der Waals surface area contributed by atoms with Gasteiger partial charge in [-0.15, -0.1) is 0 Å². The lowest BCUT2D eigenvalue weighted by Gasteiger charge is -2.39. The number of esters is 2. The predicted octanol–water partition coefficient (Wildman–Crippen LogP) is 0.252. The van der Waals surface area contributed by atoms with Gasteiger partial charge < -0.3 is 9.47 Å². The average Bonchev–Trinajstić information content (AvgIpc) is 2.17. The average molecular weight is 197 g/mol. The molecule has 5 heteroatoms. The van der Waals surface area contributed by atoms with E-state index >= 15 is 0 Å². The molecule has 0 aromatic heterocycles. The summed E-state index contributed by atoms with van der Waals surface area (Å²) in [7, 11) is 2.44. The van der Waals surface area contributed by atoms with Gasteiger partial charge in [0.2, 0.25) is 0 Å². The summed E-state index contributed by atoms with van der Waals surface area (Å²) in [5, 5.41) is 8.89. The maximum absolute atomic E-state index is 11.3. The zero-order valence-electron chi connectivity index (χ0n) is 8.07. The summed E-state index contributed by atoms with van der Waals surface area (Å²) in [6, 6.07) is 1.86. The van der Waals surface area contributed by atoms with Crippen molar-refractivity contribution in [3.05, 3.63) is 0 Å². The van der Waals surface area contributed by atoms with E-state index in [-0.39, 0.29) is 0 Å². The Bertz CT molecular complexity index is 306. The topological polar surface area (TPSA) is 76.4 Å². The Balaban J connectivity index is 2.88. The molecule has 1 rings (SSSR count). The van der Waals surface area contributed by atoms with Gasteiger partial charge in [-0.05, 0) is 12.8 Å². The van der Waals surface area contributed by atoms with Gasteiger partial charge in [0.05, 0.1) is 26.2 Å². The van der Waals surface area contributed by atoms with E-state index in [1.165, 1.54) is 14.2 Å². The number of carbonyl (C=O) groups is 2. The third-order valence-electron chi connectivity index (χ3n) is 2.66. The zero-order valence-corrected chi connectivity index (χ0v) is 8.07. The lowest BCUT2D eigenvalue weighted by molar-refractivity contribution is -0.171. The van der Waals surface area contributed by atoms with E-state index in [1.54, 1.807) is 0 Å². The van der Waals surface area contributed by atoms with Gasteiger partial charge in [0.25, 0.3) is 0 Å². The molecule has 0 radical (unpaired) electrons. The van der Waals surface area contributed by atoms with Gasteiger partial charge in [0.1, 0.15) is 0 Å². The molecule has 14 heavy (non-hydrogen) atoms. The van der Waals surface area contributed by atoms with Crippen LogP contribution < -0.4 is 0 Å². The molecule has 0 heterocycles. The first-order valence-corrected chi connectivity index (χ1v) is 4.20. The second kappa shape index (κ2) is 3.66. The molecule has 0 aromatic rings. The first kappa shape index (κ1) is 10.5. The molecular formula is C9H11NO4. The van der Waals surface area contributed by atoms with Gasteiger partial charge in [0, 0.05) is 0 Å². The monoisotopic (exact) mass is 197 g/mol. The van der Waals surface area contributed by atoms with Crippen molar-refractivity contribution in [2.45, 2.75) is 12.8 Å². The van der Waals surface area contributed by atoms with Gasteiger partial charge in [-0.2, -0.15) is 5.26 Å². The Hall–Kier alpha value is -1.57. The molecule has 0 bridgehead atoms. The highest BCUT2D eigenvalue weighted by molar-refractivity contribution is 5.89. The number of rotatable bonds is 2. The van der Waals surface area contributed by atoms with E-state index in [0.29, 0.717) is 12.8 Å². The summed E-state index contributed by atoms with van der Waals surface area (Å²) in [4.78, 5) is 22.5. The van der Waals surface area contributed by atoms with Crippen molar-refractivity contribution in [3.63, 3.8) is 0 Å².